The Kier molecular flexibility index (Phi) is 2.74. The third-order valence-electron chi connectivity index (χ3n) is 1.57. The Labute approximate surface area is 52.7 Å². The van der Waals surface area contributed by atoms with Gasteiger partial charge in [-0.3, -0.25) is 5.09 Å². The molecule has 0 aromatic heterocycles. The van der Waals surface area contributed by atoms with E-state index in [2.05, 4.69) is 19.8 Å². The first kappa shape index (κ1) is 6.47. The summed E-state index contributed by atoms with van der Waals surface area (Å²) >= 11 is 0. The molecule has 2 nitrogen and oxygen atoms in total. The lowest BCUT2D eigenvalue weighted by Crippen LogP contribution is -2.35. The number of hydrogen-bond donors (Lipinski definition) is 2. The summed E-state index contributed by atoms with van der Waals surface area (Å²) in [6.07, 6.45) is 2.53. The lowest BCUT2D eigenvalue weighted by molar-refractivity contribution is 0.439. The summed E-state index contributed by atoms with van der Waals surface area (Å²) in [7, 11) is 2.57. The molecule has 48 valence electrons. The Morgan fingerprint density at radius 1 is 1.38 bits per heavy atom. The fourth-order valence-electron chi connectivity index (χ4n) is 0.989. The molecular weight excluding hydrogens is 119 g/mol. The Bertz CT molecular complexity index is 61.4. The predicted molar refractivity (Wildman–Crippen MR) is 38.7 cm³/mol. The Hall–Kier alpha value is 0.350. The van der Waals surface area contributed by atoms with Crippen LogP contribution in [0.2, 0.25) is 0 Å². The number of hydrogen-bond acceptors (Lipinski definition) is 2. The molecule has 2 N–H and O–H groups in total. The van der Waals surface area contributed by atoms with Crippen molar-refractivity contribution < 1.29 is 0 Å². The summed E-state index contributed by atoms with van der Waals surface area (Å²) < 4.78 is 0. The predicted octanol–water partition coefficient (Wildman–Crippen LogP) is 0.118. The van der Waals surface area contributed by atoms with E-state index in [-0.39, 0.29) is 0 Å². The Balaban J connectivity index is 2.13. The highest BCUT2D eigenvalue weighted by Gasteiger charge is 2.08. The van der Waals surface area contributed by atoms with Crippen LogP contribution in [0.4, 0.5) is 0 Å². The van der Waals surface area contributed by atoms with Gasteiger partial charge in [-0.2, -0.15) is 0 Å². The minimum atomic E-state index is 0.737. The first-order valence-corrected chi connectivity index (χ1v) is 3.68. The average Bonchev–Trinajstić information content (AvgIpc) is 1.90. The van der Waals surface area contributed by atoms with E-state index in [1.165, 1.54) is 25.9 Å². The normalized spacial score (nSPS) is 23.6. The first-order valence-electron chi connectivity index (χ1n) is 3.10. The molecule has 1 heterocycles. The summed E-state index contributed by atoms with van der Waals surface area (Å²) in [6.45, 7) is 2.35. The van der Waals surface area contributed by atoms with E-state index in [4.69, 9.17) is 0 Å². The molecule has 1 rings (SSSR count). The number of rotatable bonds is 1. The molecule has 0 aliphatic carbocycles. The molecule has 1 fully saturated rings. The van der Waals surface area contributed by atoms with E-state index < -0.39 is 0 Å². The van der Waals surface area contributed by atoms with Crippen LogP contribution < -0.4 is 10.4 Å². The molecule has 3 heteroatoms. The van der Waals surface area contributed by atoms with Gasteiger partial charge in [0.15, 0.2) is 0 Å². The second-order valence-corrected chi connectivity index (χ2v) is 2.52. The van der Waals surface area contributed by atoms with Gasteiger partial charge in [-0.15, -0.1) is 0 Å². The van der Waals surface area contributed by atoms with Crippen molar-refractivity contribution in [3.8, 4) is 0 Å². The molecule has 0 radical (unpaired) electrons. The molecule has 1 aliphatic heterocycles. The van der Waals surface area contributed by atoms with Gasteiger partial charge in [-0.1, -0.05) is 9.39 Å². The van der Waals surface area contributed by atoms with Gasteiger partial charge in [0.1, 0.15) is 0 Å². The van der Waals surface area contributed by atoms with Crippen molar-refractivity contribution in [1.82, 2.24) is 10.4 Å². The Morgan fingerprint density at radius 3 is 2.38 bits per heavy atom. The van der Waals surface area contributed by atoms with Crippen LogP contribution in [0, 0.1) is 0 Å². The van der Waals surface area contributed by atoms with E-state index in [1.54, 1.807) is 0 Å². The largest absolute Gasteiger partial charge is 0.317 e. The Morgan fingerprint density at radius 2 is 2.00 bits per heavy atom. The first-order chi connectivity index (χ1) is 3.93. The van der Waals surface area contributed by atoms with Gasteiger partial charge in [0.25, 0.3) is 0 Å². The molecule has 0 spiro atoms. The van der Waals surface area contributed by atoms with Gasteiger partial charge < -0.3 is 5.32 Å². The van der Waals surface area contributed by atoms with E-state index in [0.29, 0.717) is 0 Å². The summed E-state index contributed by atoms with van der Waals surface area (Å²) in [6, 6.07) is 0.737. The van der Waals surface area contributed by atoms with Gasteiger partial charge >= 0.3 is 0 Å². The molecule has 1 unspecified atom stereocenters. The van der Waals surface area contributed by atoms with E-state index in [9.17, 15) is 0 Å². The quantitative estimate of drug-likeness (QED) is 0.495. The zero-order chi connectivity index (χ0) is 5.82. The van der Waals surface area contributed by atoms with Crippen LogP contribution in [0.1, 0.15) is 12.8 Å². The molecule has 0 bridgehead atoms. The average molecular weight is 132 g/mol. The summed E-state index contributed by atoms with van der Waals surface area (Å²) in [5.74, 6) is 0. The second kappa shape index (κ2) is 3.39. The molecule has 0 saturated carbocycles. The third kappa shape index (κ3) is 1.70. The van der Waals surface area contributed by atoms with Crippen molar-refractivity contribution in [2.45, 2.75) is 18.9 Å². The van der Waals surface area contributed by atoms with E-state index in [0.717, 1.165) is 6.04 Å². The summed E-state index contributed by atoms with van der Waals surface area (Å²) in [5.41, 5.74) is 0. The van der Waals surface area contributed by atoms with Crippen molar-refractivity contribution in [2.24, 2.45) is 0 Å². The molecule has 0 amide bonds. The van der Waals surface area contributed by atoms with Crippen LogP contribution in [0.5, 0.6) is 0 Å². The molecular formula is C5H13N2P. The third-order valence-corrected chi connectivity index (χ3v) is 2.05. The highest BCUT2D eigenvalue weighted by atomic mass is 31.0. The molecule has 1 atom stereocenters. The number of nitrogens with one attached hydrogen (secondary N) is 2. The topological polar surface area (TPSA) is 24.1 Å². The van der Waals surface area contributed by atoms with Crippen molar-refractivity contribution in [3.05, 3.63) is 0 Å². The lowest BCUT2D eigenvalue weighted by Gasteiger charge is -2.21. The molecule has 1 aliphatic rings. The zero-order valence-electron chi connectivity index (χ0n) is 4.98. The van der Waals surface area contributed by atoms with Gasteiger partial charge in [0.2, 0.25) is 0 Å². The van der Waals surface area contributed by atoms with Crippen LogP contribution in [0.25, 0.3) is 0 Å². The molecule has 1 saturated heterocycles. The molecule has 0 aromatic rings. The smallest absolute Gasteiger partial charge is 0.0123 e. The van der Waals surface area contributed by atoms with Crippen molar-refractivity contribution in [2.75, 3.05) is 13.1 Å². The number of piperidine rings is 1. The van der Waals surface area contributed by atoms with Crippen molar-refractivity contribution >= 4 is 9.39 Å². The van der Waals surface area contributed by atoms with Gasteiger partial charge in [-0.05, 0) is 25.9 Å². The highest BCUT2D eigenvalue weighted by Crippen LogP contribution is 2.02. The van der Waals surface area contributed by atoms with E-state index in [1.807, 2.05) is 0 Å². The zero-order valence-corrected chi connectivity index (χ0v) is 6.14. The fourth-order valence-corrected chi connectivity index (χ4v) is 1.32. The van der Waals surface area contributed by atoms with Crippen LogP contribution in [-0.2, 0) is 0 Å². The van der Waals surface area contributed by atoms with Gasteiger partial charge in [0.05, 0.1) is 0 Å². The van der Waals surface area contributed by atoms with Crippen LogP contribution in [0.15, 0.2) is 0 Å². The van der Waals surface area contributed by atoms with E-state index >= 15 is 0 Å². The maximum atomic E-state index is 3.30. The summed E-state index contributed by atoms with van der Waals surface area (Å²) in [4.78, 5) is 0. The second-order valence-electron chi connectivity index (χ2n) is 2.19. The monoisotopic (exact) mass is 132 g/mol. The maximum Gasteiger partial charge on any atom is 0.0123 e. The minimum absolute atomic E-state index is 0.737. The maximum absolute atomic E-state index is 3.30. The minimum Gasteiger partial charge on any atom is -0.317 e. The van der Waals surface area contributed by atoms with Crippen LogP contribution in [-0.4, -0.2) is 19.1 Å². The molecule has 8 heavy (non-hydrogen) atoms. The van der Waals surface area contributed by atoms with Crippen LogP contribution in [0.3, 0.4) is 0 Å². The SMILES string of the molecule is PNC1CCNCC1. The standard InChI is InChI=1S/C5H13N2P/c8-7-5-1-3-6-4-2-5/h5-7H,1-4,8H2. The van der Waals surface area contributed by atoms with Crippen molar-refractivity contribution in [3.63, 3.8) is 0 Å². The highest BCUT2D eigenvalue weighted by molar-refractivity contribution is 7.13. The van der Waals surface area contributed by atoms with Crippen LogP contribution >= 0.6 is 9.39 Å². The van der Waals surface area contributed by atoms with Gasteiger partial charge in [0, 0.05) is 6.04 Å². The van der Waals surface area contributed by atoms with Crippen molar-refractivity contribution in [1.29, 1.82) is 0 Å². The van der Waals surface area contributed by atoms with Gasteiger partial charge in [-0.25, -0.2) is 0 Å². The fraction of sp³-hybridized carbons (Fsp3) is 1.00. The summed E-state index contributed by atoms with van der Waals surface area (Å²) in [5, 5.41) is 6.48. The molecule has 0 aromatic carbocycles. The lowest BCUT2D eigenvalue weighted by atomic mass is 10.1.